The lowest BCUT2D eigenvalue weighted by molar-refractivity contribution is 0.0624. The van der Waals surface area contributed by atoms with Crippen molar-refractivity contribution in [1.82, 2.24) is 24.7 Å². The average Bonchev–Trinajstić information content (AvgIpc) is 3.46. The Labute approximate surface area is 174 Å². The van der Waals surface area contributed by atoms with Crippen molar-refractivity contribution in [2.45, 2.75) is 30.0 Å². The zero-order valence-electron chi connectivity index (χ0n) is 16.0. The minimum absolute atomic E-state index is 0.0817. The zero-order valence-corrected chi connectivity index (χ0v) is 16.9. The largest absolute Gasteiger partial charge is 0.371 e. The van der Waals surface area contributed by atoms with E-state index in [1.807, 2.05) is 42.6 Å². The van der Waals surface area contributed by atoms with Crippen LogP contribution in [0, 0.1) is 0 Å². The van der Waals surface area contributed by atoms with Gasteiger partial charge in [-0.3, -0.25) is 4.98 Å². The fraction of sp³-hybridized carbons (Fsp3) is 0.350. The second kappa shape index (κ2) is 7.88. The van der Waals surface area contributed by atoms with Crippen LogP contribution in [-0.4, -0.2) is 59.9 Å². The number of benzene rings is 1. The highest BCUT2D eigenvalue weighted by Gasteiger charge is 2.49. The van der Waals surface area contributed by atoms with Gasteiger partial charge in [-0.1, -0.05) is 41.6 Å². The first-order valence-corrected chi connectivity index (χ1v) is 11.3. The lowest BCUT2D eigenvalue weighted by Gasteiger charge is -2.18. The summed E-state index contributed by atoms with van der Waals surface area (Å²) in [5.74, 6) is -0.0817. The number of fused-ring (bicyclic) bond motifs is 1. The molecule has 0 unspecified atom stereocenters. The maximum absolute atomic E-state index is 12.6. The van der Waals surface area contributed by atoms with Gasteiger partial charge in [0, 0.05) is 6.20 Å². The Bertz CT molecular complexity index is 1110. The number of nitrogens with zero attached hydrogens (tertiary/aromatic N) is 4. The second-order valence-corrected chi connectivity index (χ2v) is 9.18. The molecule has 2 aliphatic rings. The van der Waals surface area contributed by atoms with E-state index in [1.54, 1.807) is 23.0 Å². The Kier molecular flexibility index (Phi) is 5.07. The summed E-state index contributed by atoms with van der Waals surface area (Å²) in [6, 6.07) is 14.1. The van der Waals surface area contributed by atoms with Gasteiger partial charge in [0.25, 0.3) is 0 Å². The lowest BCUT2D eigenvalue weighted by atomic mass is 10.1. The summed E-state index contributed by atoms with van der Waals surface area (Å²) in [4.78, 5) is 4.29. The molecule has 0 saturated carbocycles. The molecule has 0 spiro atoms. The molecule has 0 bridgehead atoms. The van der Waals surface area contributed by atoms with Crippen molar-refractivity contribution in [2.75, 3.05) is 13.2 Å². The van der Waals surface area contributed by atoms with E-state index in [-0.39, 0.29) is 30.6 Å². The van der Waals surface area contributed by atoms with Gasteiger partial charge in [0.1, 0.15) is 23.9 Å². The van der Waals surface area contributed by atoms with Crippen LogP contribution in [0.25, 0.3) is 11.4 Å². The molecule has 1 aromatic carbocycles. The third-order valence-electron chi connectivity index (χ3n) is 5.34. The van der Waals surface area contributed by atoms with Crippen LogP contribution in [0.15, 0.2) is 60.9 Å². The first-order valence-electron chi connectivity index (χ1n) is 9.69. The van der Waals surface area contributed by atoms with Gasteiger partial charge >= 0.3 is 0 Å². The topological polar surface area (TPSA) is 108 Å². The molecule has 0 radical (unpaired) electrons. The number of hydrogen-bond acceptors (Lipinski definition) is 7. The summed E-state index contributed by atoms with van der Waals surface area (Å²) in [5.41, 5.74) is 2.13. The van der Waals surface area contributed by atoms with Crippen LogP contribution in [0.4, 0.5) is 0 Å². The summed E-state index contributed by atoms with van der Waals surface area (Å²) in [6.45, 7) is 0.624. The summed E-state index contributed by atoms with van der Waals surface area (Å²) in [6.07, 6.45) is 2.85. The molecule has 4 atom stereocenters. The van der Waals surface area contributed by atoms with Gasteiger partial charge in [-0.25, -0.2) is 17.8 Å². The van der Waals surface area contributed by atoms with E-state index in [2.05, 4.69) is 20.0 Å². The Hall–Kier alpha value is -2.66. The van der Waals surface area contributed by atoms with Crippen LogP contribution < -0.4 is 4.72 Å². The lowest BCUT2D eigenvalue weighted by Crippen LogP contribution is -2.44. The van der Waals surface area contributed by atoms with Crippen LogP contribution in [0.5, 0.6) is 0 Å². The fourth-order valence-electron chi connectivity index (χ4n) is 3.94. The van der Waals surface area contributed by atoms with Crippen LogP contribution in [0.3, 0.4) is 0 Å². The first kappa shape index (κ1) is 19.3. The van der Waals surface area contributed by atoms with Gasteiger partial charge < -0.3 is 9.47 Å². The van der Waals surface area contributed by atoms with Crippen molar-refractivity contribution in [3.05, 3.63) is 66.5 Å². The third-order valence-corrected chi connectivity index (χ3v) is 6.71. The molecule has 156 valence electrons. The normalized spacial score (nSPS) is 26.0. The molecule has 4 heterocycles. The summed E-state index contributed by atoms with van der Waals surface area (Å²) >= 11 is 0. The van der Waals surface area contributed by atoms with Gasteiger partial charge in [0.05, 0.1) is 36.9 Å². The number of hydrogen-bond donors (Lipinski definition) is 1. The molecule has 5 rings (SSSR count). The van der Waals surface area contributed by atoms with Crippen LogP contribution in [0.1, 0.15) is 11.6 Å². The first-order chi connectivity index (χ1) is 14.6. The quantitative estimate of drug-likeness (QED) is 0.629. The Morgan fingerprint density at radius 1 is 1.00 bits per heavy atom. The van der Waals surface area contributed by atoms with E-state index >= 15 is 0 Å². The maximum atomic E-state index is 12.6. The number of sulfonamides is 1. The molecule has 10 heteroatoms. The minimum Gasteiger partial charge on any atom is -0.371 e. The highest BCUT2D eigenvalue weighted by Crippen LogP contribution is 2.34. The molecule has 2 saturated heterocycles. The molecule has 1 N–H and O–H groups in total. The van der Waals surface area contributed by atoms with Crippen molar-refractivity contribution in [3.8, 4) is 11.4 Å². The molecular formula is C20H21N5O4S. The van der Waals surface area contributed by atoms with Crippen molar-refractivity contribution >= 4 is 10.0 Å². The predicted molar refractivity (Wildman–Crippen MR) is 108 cm³/mol. The molecular weight excluding hydrogens is 406 g/mol. The van der Waals surface area contributed by atoms with E-state index in [4.69, 9.17) is 9.47 Å². The van der Waals surface area contributed by atoms with Crippen LogP contribution in [0.2, 0.25) is 0 Å². The molecule has 2 aromatic heterocycles. The Morgan fingerprint density at radius 2 is 1.80 bits per heavy atom. The third kappa shape index (κ3) is 3.86. The van der Waals surface area contributed by atoms with Crippen molar-refractivity contribution in [3.63, 3.8) is 0 Å². The highest BCUT2D eigenvalue weighted by atomic mass is 32.2. The number of rotatable bonds is 6. The molecule has 3 aromatic rings. The van der Waals surface area contributed by atoms with Crippen molar-refractivity contribution in [1.29, 1.82) is 0 Å². The second-order valence-electron chi connectivity index (χ2n) is 7.43. The summed E-state index contributed by atoms with van der Waals surface area (Å²) in [5, 5.41) is 8.42. The van der Waals surface area contributed by atoms with Crippen LogP contribution in [-0.2, 0) is 25.2 Å². The number of pyridine rings is 1. The number of nitrogens with one attached hydrogen (secondary N) is 1. The molecule has 0 amide bonds. The van der Waals surface area contributed by atoms with Gasteiger partial charge in [-0.15, -0.1) is 5.10 Å². The van der Waals surface area contributed by atoms with Gasteiger partial charge in [-0.05, 0) is 17.7 Å². The van der Waals surface area contributed by atoms with Gasteiger partial charge in [0.15, 0.2) is 0 Å². The molecule has 0 aliphatic carbocycles. The molecule has 9 nitrogen and oxygen atoms in total. The molecule has 2 fully saturated rings. The predicted octanol–water partition coefficient (Wildman–Crippen LogP) is 1.17. The summed E-state index contributed by atoms with van der Waals surface area (Å²) in [7, 11) is -3.52. The van der Waals surface area contributed by atoms with Crippen LogP contribution >= 0.6 is 0 Å². The van der Waals surface area contributed by atoms with Gasteiger partial charge in [0.2, 0.25) is 10.0 Å². The number of ether oxygens (including phenoxy) is 2. The monoisotopic (exact) mass is 427 g/mol. The fourth-order valence-corrected chi connectivity index (χ4v) is 5.32. The Balaban J connectivity index is 1.27. The van der Waals surface area contributed by atoms with E-state index < -0.39 is 16.1 Å². The number of aromatic nitrogens is 4. The van der Waals surface area contributed by atoms with Crippen molar-refractivity contribution < 1.29 is 17.9 Å². The van der Waals surface area contributed by atoms with E-state index in [0.717, 1.165) is 11.3 Å². The van der Waals surface area contributed by atoms with E-state index in [0.29, 0.717) is 12.3 Å². The maximum Gasteiger partial charge on any atom is 0.216 e. The highest BCUT2D eigenvalue weighted by molar-refractivity contribution is 7.88. The molecule has 30 heavy (non-hydrogen) atoms. The smallest absolute Gasteiger partial charge is 0.216 e. The van der Waals surface area contributed by atoms with E-state index in [1.165, 1.54) is 0 Å². The molecule has 2 aliphatic heterocycles. The van der Waals surface area contributed by atoms with E-state index in [9.17, 15) is 8.42 Å². The zero-order chi connectivity index (χ0) is 20.6. The summed E-state index contributed by atoms with van der Waals surface area (Å²) < 4.78 is 41.5. The minimum atomic E-state index is -3.52. The SMILES string of the molecule is O=S(=O)(Cc1ccccc1)N[C@@H]1CO[C@@H]2[C@@H]1OC[C@@H]2n1cc(-c2ccccn2)nn1. The Morgan fingerprint density at radius 3 is 2.60 bits per heavy atom. The average molecular weight is 427 g/mol. The van der Waals surface area contributed by atoms with Crippen molar-refractivity contribution in [2.24, 2.45) is 0 Å². The van der Waals surface area contributed by atoms with Gasteiger partial charge in [-0.2, -0.15) is 0 Å². The standard InChI is InChI=1S/C20H21N5O4S/c26-30(27,13-14-6-2-1-3-7-14)23-17-11-28-20-18(12-29-19(17)20)25-10-16(22-24-25)15-8-4-5-9-21-15/h1-10,17-20,23H,11-13H2/t17-,18+,19-,20+/m1/s1.